The summed E-state index contributed by atoms with van der Waals surface area (Å²) in [6.07, 6.45) is 0. The van der Waals surface area contributed by atoms with E-state index >= 15 is 0 Å². The maximum absolute atomic E-state index is 13.7. The van der Waals surface area contributed by atoms with Gasteiger partial charge in [0.2, 0.25) is 0 Å². The van der Waals surface area contributed by atoms with Gasteiger partial charge in [-0.25, -0.2) is 4.90 Å². The molecule has 2 aliphatic rings. The van der Waals surface area contributed by atoms with Gasteiger partial charge in [-0.1, -0.05) is 29.8 Å². The summed E-state index contributed by atoms with van der Waals surface area (Å²) in [7, 11) is 5.08. The summed E-state index contributed by atoms with van der Waals surface area (Å²) in [4.78, 5) is 32.8. The van der Waals surface area contributed by atoms with Gasteiger partial charge in [-0.3, -0.25) is 9.59 Å². The minimum Gasteiger partial charge on any atom is -0.496 e. The molecular formula is C23H24ClN3O4. The second-order valence-corrected chi connectivity index (χ2v) is 7.91. The zero-order chi connectivity index (χ0) is 22.1. The molecule has 7 nitrogen and oxygen atoms in total. The van der Waals surface area contributed by atoms with E-state index in [1.54, 1.807) is 37.4 Å². The molecule has 0 aromatic heterocycles. The Morgan fingerprint density at radius 3 is 2.23 bits per heavy atom. The highest BCUT2D eigenvalue weighted by Crippen LogP contribution is 2.41. The van der Waals surface area contributed by atoms with E-state index in [4.69, 9.17) is 21.1 Å². The Labute approximate surface area is 186 Å². The number of hydrogen-bond acceptors (Lipinski definition) is 6. The van der Waals surface area contributed by atoms with Crippen LogP contribution >= 0.6 is 11.6 Å². The lowest BCUT2D eigenvalue weighted by Gasteiger charge is -2.34. The molecule has 2 heterocycles. The highest BCUT2D eigenvalue weighted by Gasteiger charge is 2.44. The van der Waals surface area contributed by atoms with Crippen molar-refractivity contribution in [3.8, 4) is 11.5 Å². The molecule has 0 saturated carbocycles. The number of nitrogens with zero attached hydrogens (tertiary/aromatic N) is 3. The van der Waals surface area contributed by atoms with Gasteiger partial charge in [0.25, 0.3) is 11.8 Å². The fraction of sp³-hybridized carbons (Fsp3) is 0.304. The average Bonchev–Trinajstić information content (AvgIpc) is 3.04. The van der Waals surface area contributed by atoms with Crippen molar-refractivity contribution in [3.05, 3.63) is 58.7 Å². The van der Waals surface area contributed by atoms with Crippen molar-refractivity contribution in [2.24, 2.45) is 0 Å². The zero-order valence-corrected chi connectivity index (χ0v) is 18.5. The van der Waals surface area contributed by atoms with Crippen LogP contribution in [-0.4, -0.2) is 69.1 Å². The SMILES string of the molecule is COc1ccccc1C1=C(N2CCN(C)CC2)C(=O)N(c2cc(Cl)ccc2OC)C1=O. The Hall–Kier alpha value is -3.03. The standard InChI is InChI=1S/C23H24ClN3O4/c1-25-10-12-26(13-11-25)21-20(16-6-4-5-7-18(16)30-2)22(28)27(23(21)29)17-14-15(24)8-9-19(17)31-3/h4-9,14H,10-13H2,1-3H3. The van der Waals surface area contributed by atoms with Gasteiger partial charge in [0, 0.05) is 36.8 Å². The number of amides is 2. The van der Waals surface area contributed by atoms with Crippen LogP contribution in [0, 0.1) is 0 Å². The number of carbonyl (C=O) groups excluding carboxylic acids is 2. The Balaban J connectivity index is 1.88. The molecular weight excluding hydrogens is 418 g/mol. The molecule has 0 aliphatic carbocycles. The summed E-state index contributed by atoms with van der Waals surface area (Å²) in [6.45, 7) is 2.88. The van der Waals surface area contributed by atoms with E-state index in [1.165, 1.54) is 7.11 Å². The van der Waals surface area contributed by atoms with Crippen LogP contribution in [0.25, 0.3) is 5.57 Å². The number of likely N-dealkylation sites (N-methyl/N-ethyl adjacent to an activating group) is 1. The fourth-order valence-corrected chi connectivity index (χ4v) is 4.16. The summed E-state index contributed by atoms with van der Waals surface area (Å²) in [6, 6.07) is 12.1. The van der Waals surface area contributed by atoms with Gasteiger partial charge in [-0.15, -0.1) is 0 Å². The quantitative estimate of drug-likeness (QED) is 0.665. The first-order valence-corrected chi connectivity index (χ1v) is 10.4. The van der Waals surface area contributed by atoms with E-state index in [2.05, 4.69) is 4.90 Å². The molecule has 0 atom stereocenters. The molecule has 0 spiro atoms. The van der Waals surface area contributed by atoms with E-state index in [1.807, 2.05) is 24.1 Å². The lowest BCUT2D eigenvalue weighted by atomic mass is 10.0. The van der Waals surface area contributed by atoms with Crippen LogP contribution < -0.4 is 14.4 Å². The topological polar surface area (TPSA) is 62.3 Å². The first-order valence-electron chi connectivity index (χ1n) is 9.99. The molecule has 0 N–H and O–H groups in total. The number of benzene rings is 2. The summed E-state index contributed by atoms with van der Waals surface area (Å²) in [5.74, 6) is 0.107. The molecule has 0 bridgehead atoms. The van der Waals surface area contributed by atoms with Crippen molar-refractivity contribution in [3.63, 3.8) is 0 Å². The van der Waals surface area contributed by atoms with Crippen molar-refractivity contribution in [2.45, 2.75) is 0 Å². The number of ether oxygens (including phenoxy) is 2. The molecule has 1 saturated heterocycles. The van der Waals surface area contributed by atoms with Gasteiger partial charge in [-0.05, 0) is 31.3 Å². The molecule has 2 aromatic carbocycles. The minimum atomic E-state index is -0.427. The second-order valence-electron chi connectivity index (χ2n) is 7.48. The number of halogens is 1. The number of hydrogen-bond donors (Lipinski definition) is 0. The van der Waals surface area contributed by atoms with Crippen LogP contribution in [-0.2, 0) is 9.59 Å². The fourth-order valence-electron chi connectivity index (χ4n) is 3.99. The number of anilines is 1. The monoisotopic (exact) mass is 441 g/mol. The predicted molar refractivity (Wildman–Crippen MR) is 119 cm³/mol. The van der Waals surface area contributed by atoms with Gasteiger partial charge in [-0.2, -0.15) is 0 Å². The van der Waals surface area contributed by atoms with Crippen molar-refractivity contribution in [2.75, 3.05) is 52.3 Å². The molecule has 8 heteroatoms. The smallest absolute Gasteiger partial charge is 0.282 e. The molecule has 2 aromatic rings. The lowest BCUT2D eigenvalue weighted by Crippen LogP contribution is -2.46. The molecule has 2 amide bonds. The number of piperazine rings is 1. The van der Waals surface area contributed by atoms with Crippen LogP contribution in [0.5, 0.6) is 11.5 Å². The highest BCUT2D eigenvalue weighted by atomic mass is 35.5. The van der Waals surface area contributed by atoms with Crippen LogP contribution in [0.1, 0.15) is 5.56 Å². The third-order valence-electron chi connectivity index (χ3n) is 5.64. The van der Waals surface area contributed by atoms with Crippen LogP contribution in [0.3, 0.4) is 0 Å². The largest absolute Gasteiger partial charge is 0.496 e. The lowest BCUT2D eigenvalue weighted by molar-refractivity contribution is -0.120. The number of carbonyl (C=O) groups is 2. The molecule has 1 fully saturated rings. The van der Waals surface area contributed by atoms with E-state index in [0.29, 0.717) is 52.1 Å². The first-order chi connectivity index (χ1) is 15.0. The maximum atomic E-state index is 13.7. The summed E-state index contributed by atoms with van der Waals surface area (Å²) in [5, 5.41) is 0.406. The van der Waals surface area contributed by atoms with Crippen molar-refractivity contribution in [1.82, 2.24) is 9.80 Å². The summed E-state index contributed by atoms with van der Waals surface area (Å²) >= 11 is 6.20. The second kappa shape index (κ2) is 8.61. The van der Waals surface area contributed by atoms with Gasteiger partial charge >= 0.3 is 0 Å². The Morgan fingerprint density at radius 2 is 1.55 bits per heavy atom. The third kappa shape index (κ3) is 3.75. The Bertz CT molecular complexity index is 1060. The van der Waals surface area contributed by atoms with Crippen molar-refractivity contribution >= 4 is 34.7 Å². The van der Waals surface area contributed by atoms with Gasteiger partial charge < -0.3 is 19.3 Å². The predicted octanol–water partition coefficient (Wildman–Crippen LogP) is 2.89. The zero-order valence-electron chi connectivity index (χ0n) is 17.7. The number of para-hydroxylation sites is 1. The van der Waals surface area contributed by atoms with E-state index in [9.17, 15) is 9.59 Å². The number of rotatable bonds is 5. The minimum absolute atomic E-state index is 0.321. The molecule has 2 aliphatic heterocycles. The number of imide groups is 1. The Kier molecular flexibility index (Phi) is 5.89. The van der Waals surface area contributed by atoms with Gasteiger partial charge in [0.1, 0.15) is 17.2 Å². The average molecular weight is 442 g/mol. The molecule has 0 unspecified atom stereocenters. The number of methoxy groups -OCH3 is 2. The summed E-state index contributed by atoms with van der Waals surface area (Å²) in [5.41, 5.74) is 1.61. The first kappa shape index (κ1) is 21.2. The van der Waals surface area contributed by atoms with E-state index < -0.39 is 11.8 Å². The third-order valence-corrected chi connectivity index (χ3v) is 5.87. The van der Waals surface area contributed by atoms with Crippen LogP contribution in [0.2, 0.25) is 5.02 Å². The molecule has 162 valence electrons. The maximum Gasteiger partial charge on any atom is 0.282 e. The van der Waals surface area contributed by atoms with Gasteiger partial charge in [0.05, 0.1) is 25.5 Å². The van der Waals surface area contributed by atoms with Gasteiger partial charge in [0.15, 0.2) is 0 Å². The van der Waals surface area contributed by atoms with E-state index in [0.717, 1.165) is 18.0 Å². The van der Waals surface area contributed by atoms with Crippen LogP contribution in [0.15, 0.2) is 48.2 Å². The van der Waals surface area contributed by atoms with Crippen LogP contribution in [0.4, 0.5) is 5.69 Å². The molecule has 31 heavy (non-hydrogen) atoms. The highest BCUT2D eigenvalue weighted by molar-refractivity contribution is 6.46. The van der Waals surface area contributed by atoms with Crippen molar-refractivity contribution in [1.29, 1.82) is 0 Å². The normalized spacial score (nSPS) is 17.5. The molecule has 4 rings (SSSR count). The van der Waals surface area contributed by atoms with E-state index in [-0.39, 0.29) is 0 Å². The summed E-state index contributed by atoms with van der Waals surface area (Å²) < 4.78 is 10.9. The Morgan fingerprint density at radius 1 is 0.871 bits per heavy atom. The molecule has 0 radical (unpaired) electrons. The van der Waals surface area contributed by atoms with Crippen molar-refractivity contribution < 1.29 is 19.1 Å².